The van der Waals surface area contributed by atoms with Crippen molar-refractivity contribution >= 4 is 16.7 Å². The zero-order valence-corrected chi connectivity index (χ0v) is 20.2. The van der Waals surface area contributed by atoms with Crippen molar-refractivity contribution < 1.29 is 9.53 Å². The van der Waals surface area contributed by atoms with Crippen molar-refractivity contribution in [2.45, 2.75) is 26.5 Å². The standard InChI is InChI=1S/C29H30N4O2/c1-21-12-14-24(15-13-21)27-25-10-6-7-11-26(25)28(31-30-27)35-22(2)29(34)33-18-16-32(17-19-33)20-23-8-4-3-5-9-23/h3-15,22H,16-20H2,1-2H3/t22-/m1/s1. The average Bonchev–Trinajstić information content (AvgIpc) is 2.90. The number of carbonyl (C=O) groups is 1. The van der Waals surface area contributed by atoms with Gasteiger partial charge in [-0.2, -0.15) is 0 Å². The first-order chi connectivity index (χ1) is 17.1. The fraction of sp³-hybridized carbons (Fsp3) is 0.276. The zero-order valence-electron chi connectivity index (χ0n) is 20.2. The van der Waals surface area contributed by atoms with Crippen LogP contribution in [-0.2, 0) is 11.3 Å². The summed E-state index contributed by atoms with van der Waals surface area (Å²) < 4.78 is 6.10. The van der Waals surface area contributed by atoms with E-state index in [0.29, 0.717) is 19.0 Å². The minimum Gasteiger partial charge on any atom is -0.463 e. The van der Waals surface area contributed by atoms with Gasteiger partial charge in [0.05, 0.1) is 0 Å². The number of rotatable bonds is 6. The predicted octanol–water partition coefficient (Wildman–Crippen LogP) is 4.72. The smallest absolute Gasteiger partial charge is 0.263 e. The highest BCUT2D eigenvalue weighted by Crippen LogP contribution is 2.31. The van der Waals surface area contributed by atoms with Gasteiger partial charge in [-0.25, -0.2) is 0 Å². The lowest BCUT2D eigenvalue weighted by Gasteiger charge is -2.35. The van der Waals surface area contributed by atoms with Crippen LogP contribution in [0, 0.1) is 6.92 Å². The fourth-order valence-corrected chi connectivity index (χ4v) is 4.53. The SMILES string of the molecule is Cc1ccc(-c2nnc(O[C@H](C)C(=O)N3CCN(Cc4ccccc4)CC3)c3ccccc23)cc1. The highest BCUT2D eigenvalue weighted by molar-refractivity contribution is 5.97. The van der Waals surface area contributed by atoms with Crippen LogP contribution >= 0.6 is 0 Å². The van der Waals surface area contributed by atoms with E-state index < -0.39 is 6.10 Å². The van der Waals surface area contributed by atoms with Gasteiger partial charge in [0, 0.05) is 49.1 Å². The number of hydrogen-bond acceptors (Lipinski definition) is 5. The fourth-order valence-electron chi connectivity index (χ4n) is 4.53. The van der Waals surface area contributed by atoms with Gasteiger partial charge in [0.15, 0.2) is 6.10 Å². The number of aryl methyl sites for hydroxylation is 1. The van der Waals surface area contributed by atoms with Crippen LogP contribution in [0.25, 0.3) is 22.0 Å². The molecule has 1 amide bonds. The van der Waals surface area contributed by atoms with E-state index in [0.717, 1.165) is 41.7 Å². The summed E-state index contributed by atoms with van der Waals surface area (Å²) in [6, 6.07) is 26.6. The molecule has 6 nitrogen and oxygen atoms in total. The summed E-state index contributed by atoms with van der Waals surface area (Å²) >= 11 is 0. The highest BCUT2D eigenvalue weighted by Gasteiger charge is 2.27. The number of ether oxygens (including phenoxy) is 1. The lowest BCUT2D eigenvalue weighted by atomic mass is 10.0. The molecule has 0 spiro atoms. The normalized spacial score (nSPS) is 15.2. The van der Waals surface area contributed by atoms with Gasteiger partial charge in [0.1, 0.15) is 5.69 Å². The van der Waals surface area contributed by atoms with Gasteiger partial charge in [-0.1, -0.05) is 78.4 Å². The molecule has 6 heteroatoms. The van der Waals surface area contributed by atoms with Crippen LogP contribution in [0.2, 0.25) is 0 Å². The molecule has 1 fully saturated rings. The first-order valence-corrected chi connectivity index (χ1v) is 12.1. The van der Waals surface area contributed by atoms with Gasteiger partial charge < -0.3 is 9.64 Å². The van der Waals surface area contributed by atoms with Gasteiger partial charge in [0.2, 0.25) is 5.88 Å². The molecule has 0 aliphatic carbocycles. The van der Waals surface area contributed by atoms with Crippen LogP contribution < -0.4 is 4.74 Å². The second kappa shape index (κ2) is 10.2. The van der Waals surface area contributed by atoms with E-state index in [4.69, 9.17) is 4.74 Å². The summed E-state index contributed by atoms with van der Waals surface area (Å²) in [5, 5.41) is 10.7. The van der Waals surface area contributed by atoms with Crippen LogP contribution in [0.15, 0.2) is 78.9 Å². The van der Waals surface area contributed by atoms with Gasteiger partial charge in [-0.05, 0) is 25.5 Å². The molecule has 0 bridgehead atoms. The molecule has 1 saturated heterocycles. The average molecular weight is 467 g/mol. The van der Waals surface area contributed by atoms with Gasteiger partial charge in [-0.3, -0.25) is 9.69 Å². The first kappa shape index (κ1) is 23.0. The Morgan fingerprint density at radius 1 is 0.857 bits per heavy atom. The van der Waals surface area contributed by atoms with Crippen LogP contribution in [0.4, 0.5) is 0 Å². The number of fused-ring (bicyclic) bond motifs is 1. The molecule has 0 N–H and O–H groups in total. The van der Waals surface area contributed by atoms with Crippen molar-refractivity contribution in [3.63, 3.8) is 0 Å². The van der Waals surface area contributed by atoms with Crippen molar-refractivity contribution in [2.75, 3.05) is 26.2 Å². The minimum absolute atomic E-state index is 0.0159. The van der Waals surface area contributed by atoms with Crippen LogP contribution in [0.5, 0.6) is 5.88 Å². The molecule has 178 valence electrons. The first-order valence-electron chi connectivity index (χ1n) is 12.1. The summed E-state index contributed by atoms with van der Waals surface area (Å²) in [5.41, 5.74) is 4.30. The highest BCUT2D eigenvalue weighted by atomic mass is 16.5. The maximum Gasteiger partial charge on any atom is 0.263 e. The Balaban J connectivity index is 1.27. The Morgan fingerprint density at radius 2 is 1.51 bits per heavy atom. The lowest BCUT2D eigenvalue weighted by molar-refractivity contribution is -0.139. The second-order valence-electron chi connectivity index (χ2n) is 9.11. The van der Waals surface area contributed by atoms with E-state index in [1.54, 1.807) is 6.92 Å². The summed E-state index contributed by atoms with van der Waals surface area (Å²) in [5.74, 6) is 0.373. The number of amides is 1. The summed E-state index contributed by atoms with van der Waals surface area (Å²) in [6.07, 6.45) is -0.640. The van der Waals surface area contributed by atoms with Gasteiger partial charge >= 0.3 is 0 Å². The Labute approximate surface area is 206 Å². The van der Waals surface area contributed by atoms with E-state index >= 15 is 0 Å². The zero-order chi connectivity index (χ0) is 24.2. The molecule has 3 aromatic carbocycles. The molecular formula is C29H30N4O2. The van der Waals surface area contributed by atoms with Crippen LogP contribution in [0.3, 0.4) is 0 Å². The Bertz CT molecular complexity index is 1300. The second-order valence-corrected chi connectivity index (χ2v) is 9.11. The Kier molecular flexibility index (Phi) is 6.73. The molecule has 1 aromatic heterocycles. The molecule has 2 heterocycles. The summed E-state index contributed by atoms with van der Waals surface area (Å²) in [7, 11) is 0. The lowest BCUT2D eigenvalue weighted by Crippen LogP contribution is -2.51. The molecule has 5 rings (SSSR count). The third-order valence-corrected chi connectivity index (χ3v) is 6.55. The minimum atomic E-state index is -0.640. The number of piperazine rings is 1. The van der Waals surface area contributed by atoms with E-state index in [2.05, 4.69) is 70.6 Å². The topological polar surface area (TPSA) is 58.6 Å². The summed E-state index contributed by atoms with van der Waals surface area (Å²) in [4.78, 5) is 17.4. The third-order valence-electron chi connectivity index (χ3n) is 6.55. The third kappa shape index (κ3) is 5.17. The number of hydrogen-bond donors (Lipinski definition) is 0. The molecule has 0 saturated carbocycles. The van der Waals surface area contributed by atoms with Crippen molar-refractivity contribution in [1.29, 1.82) is 0 Å². The van der Waals surface area contributed by atoms with Crippen molar-refractivity contribution in [3.8, 4) is 17.1 Å². The number of carbonyl (C=O) groups excluding carboxylic acids is 1. The van der Waals surface area contributed by atoms with E-state index in [-0.39, 0.29) is 5.91 Å². The maximum atomic E-state index is 13.2. The number of aromatic nitrogens is 2. The van der Waals surface area contributed by atoms with E-state index in [9.17, 15) is 4.79 Å². The number of nitrogens with zero attached hydrogens (tertiary/aromatic N) is 4. The molecule has 1 aliphatic rings. The molecule has 0 unspecified atom stereocenters. The molecule has 35 heavy (non-hydrogen) atoms. The summed E-state index contributed by atoms with van der Waals surface area (Å²) in [6.45, 7) is 7.85. The van der Waals surface area contributed by atoms with Crippen molar-refractivity contribution in [2.24, 2.45) is 0 Å². The quantitative estimate of drug-likeness (QED) is 0.412. The predicted molar refractivity (Wildman–Crippen MR) is 138 cm³/mol. The molecule has 4 aromatic rings. The van der Waals surface area contributed by atoms with Crippen LogP contribution in [0.1, 0.15) is 18.1 Å². The van der Waals surface area contributed by atoms with E-state index in [1.165, 1.54) is 11.1 Å². The van der Waals surface area contributed by atoms with Crippen molar-refractivity contribution in [3.05, 3.63) is 90.0 Å². The molecule has 1 atom stereocenters. The maximum absolute atomic E-state index is 13.2. The Hall–Kier alpha value is -3.77. The van der Waals surface area contributed by atoms with E-state index in [1.807, 2.05) is 35.2 Å². The molecular weight excluding hydrogens is 436 g/mol. The number of benzene rings is 3. The molecule has 0 radical (unpaired) electrons. The largest absolute Gasteiger partial charge is 0.463 e. The van der Waals surface area contributed by atoms with Gasteiger partial charge in [-0.15, -0.1) is 10.2 Å². The van der Waals surface area contributed by atoms with Crippen molar-refractivity contribution in [1.82, 2.24) is 20.0 Å². The van der Waals surface area contributed by atoms with Crippen LogP contribution in [-0.4, -0.2) is 58.2 Å². The van der Waals surface area contributed by atoms with Gasteiger partial charge in [0.25, 0.3) is 5.91 Å². The molecule has 1 aliphatic heterocycles. The Morgan fingerprint density at radius 3 is 2.23 bits per heavy atom. The monoisotopic (exact) mass is 466 g/mol.